The summed E-state index contributed by atoms with van der Waals surface area (Å²) in [5.74, 6) is 1.29. The van der Waals surface area contributed by atoms with Gasteiger partial charge in [-0.3, -0.25) is 0 Å². The van der Waals surface area contributed by atoms with Gasteiger partial charge in [-0.2, -0.15) is 0 Å². The van der Waals surface area contributed by atoms with E-state index in [1.165, 1.54) is 63.0 Å². The molecule has 0 atom stereocenters. The predicted octanol–water partition coefficient (Wildman–Crippen LogP) is 6.93. The van der Waals surface area contributed by atoms with E-state index in [9.17, 15) is 4.39 Å². The third-order valence-electron chi connectivity index (χ3n) is 5.78. The Morgan fingerprint density at radius 2 is 1.60 bits per heavy atom. The second kappa shape index (κ2) is 8.51. The van der Waals surface area contributed by atoms with Crippen LogP contribution < -0.4 is 5.73 Å². The molecule has 0 unspecified atom stereocenters. The van der Waals surface area contributed by atoms with Crippen LogP contribution in [0.1, 0.15) is 69.8 Å². The van der Waals surface area contributed by atoms with E-state index in [1.54, 1.807) is 6.07 Å². The summed E-state index contributed by atoms with van der Waals surface area (Å²) in [5, 5.41) is 0. The Morgan fingerprint density at radius 1 is 0.920 bits per heavy atom. The summed E-state index contributed by atoms with van der Waals surface area (Å²) in [4.78, 5) is 0. The van der Waals surface area contributed by atoms with E-state index < -0.39 is 0 Å². The van der Waals surface area contributed by atoms with Crippen LogP contribution in [0.3, 0.4) is 0 Å². The van der Waals surface area contributed by atoms with Gasteiger partial charge < -0.3 is 5.73 Å². The Balaban J connectivity index is 1.59. The van der Waals surface area contributed by atoms with Gasteiger partial charge >= 0.3 is 0 Å². The van der Waals surface area contributed by atoms with Gasteiger partial charge in [0.1, 0.15) is 5.82 Å². The normalized spacial score (nSPS) is 20.6. The van der Waals surface area contributed by atoms with Crippen molar-refractivity contribution in [2.24, 2.45) is 5.92 Å². The highest BCUT2D eigenvalue weighted by Crippen LogP contribution is 2.38. The molecular weight excluding hydrogens is 309 g/mol. The lowest BCUT2D eigenvalue weighted by molar-refractivity contribution is 0.303. The molecule has 1 fully saturated rings. The summed E-state index contributed by atoms with van der Waals surface area (Å²) < 4.78 is 13.7. The summed E-state index contributed by atoms with van der Waals surface area (Å²) in [7, 11) is 0. The number of nitrogen functional groups attached to an aromatic ring is 1. The van der Waals surface area contributed by atoms with Crippen LogP contribution in [0.2, 0.25) is 0 Å². The number of hydrogen-bond acceptors (Lipinski definition) is 1. The highest BCUT2D eigenvalue weighted by atomic mass is 19.1. The van der Waals surface area contributed by atoms with Crippen LogP contribution in [0.5, 0.6) is 0 Å². The molecule has 0 aromatic heterocycles. The van der Waals surface area contributed by atoms with Crippen molar-refractivity contribution in [2.75, 3.05) is 5.73 Å². The van der Waals surface area contributed by atoms with E-state index in [1.807, 2.05) is 6.07 Å². The van der Waals surface area contributed by atoms with Crippen molar-refractivity contribution in [3.63, 3.8) is 0 Å². The summed E-state index contributed by atoms with van der Waals surface area (Å²) in [6.07, 6.45) is 10.9. The fraction of sp³-hybridized carbons (Fsp3) is 0.478. The summed E-state index contributed by atoms with van der Waals surface area (Å²) >= 11 is 0. The molecule has 0 aliphatic heterocycles. The zero-order valence-corrected chi connectivity index (χ0v) is 15.3. The molecule has 3 rings (SSSR count). The number of halogens is 1. The standard InChI is InChI=1S/C23H30FN/c1-2-3-4-5-17-6-8-18(9-7-17)19-10-12-20(13-11-19)21-14-15-23(25)22(24)16-21/h10-18H,2-9,25H2,1H3. The topological polar surface area (TPSA) is 26.0 Å². The number of benzene rings is 2. The molecule has 1 saturated carbocycles. The van der Waals surface area contributed by atoms with Crippen LogP contribution in [0.15, 0.2) is 42.5 Å². The van der Waals surface area contributed by atoms with E-state index in [-0.39, 0.29) is 11.5 Å². The van der Waals surface area contributed by atoms with E-state index in [4.69, 9.17) is 5.73 Å². The Labute approximate surface area is 151 Å². The molecule has 1 nitrogen and oxygen atoms in total. The van der Waals surface area contributed by atoms with Crippen molar-refractivity contribution in [3.05, 3.63) is 53.8 Å². The molecule has 0 amide bonds. The molecule has 2 aromatic carbocycles. The van der Waals surface area contributed by atoms with Gasteiger partial charge in [0.2, 0.25) is 0 Å². The molecule has 0 spiro atoms. The van der Waals surface area contributed by atoms with Gasteiger partial charge in [0, 0.05) is 0 Å². The van der Waals surface area contributed by atoms with Crippen molar-refractivity contribution < 1.29 is 4.39 Å². The quantitative estimate of drug-likeness (QED) is 0.448. The first-order valence-electron chi connectivity index (χ1n) is 9.82. The molecule has 0 saturated heterocycles. The maximum atomic E-state index is 13.7. The van der Waals surface area contributed by atoms with Crippen LogP contribution in [0.25, 0.3) is 11.1 Å². The van der Waals surface area contributed by atoms with E-state index in [0.29, 0.717) is 5.92 Å². The molecular formula is C23H30FN. The third kappa shape index (κ3) is 4.62. The van der Waals surface area contributed by atoms with E-state index >= 15 is 0 Å². The van der Waals surface area contributed by atoms with E-state index in [0.717, 1.165) is 17.0 Å². The highest BCUT2D eigenvalue weighted by Gasteiger charge is 2.22. The maximum Gasteiger partial charge on any atom is 0.146 e. The minimum Gasteiger partial charge on any atom is -0.396 e. The summed E-state index contributed by atoms with van der Waals surface area (Å²) in [5.41, 5.74) is 9.14. The predicted molar refractivity (Wildman–Crippen MR) is 105 cm³/mol. The van der Waals surface area contributed by atoms with Gasteiger partial charge in [-0.05, 0) is 66.3 Å². The van der Waals surface area contributed by atoms with Crippen LogP contribution in [-0.2, 0) is 0 Å². The first kappa shape index (κ1) is 18.0. The number of anilines is 1. The monoisotopic (exact) mass is 339 g/mol. The summed E-state index contributed by atoms with van der Waals surface area (Å²) in [6, 6.07) is 13.7. The average molecular weight is 339 g/mol. The molecule has 0 heterocycles. The number of rotatable bonds is 6. The molecule has 134 valence electrons. The van der Waals surface area contributed by atoms with Crippen molar-refractivity contribution in [2.45, 2.75) is 64.2 Å². The molecule has 0 radical (unpaired) electrons. The zero-order valence-electron chi connectivity index (χ0n) is 15.3. The summed E-state index contributed by atoms with van der Waals surface area (Å²) in [6.45, 7) is 2.28. The van der Waals surface area contributed by atoms with Crippen LogP contribution in [-0.4, -0.2) is 0 Å². The number of hydrogen-bond donors (Lipinski definition) is 1. The van der Waals surface area contributed by atoms with Gasteiger partial charge in [0.05, 0.1) is 5.69 Å². The minimum atomic E-state index is -0.344. The van der Waals surface area contributed by atoms with Crippen LogP contribution >= 0.6 is 0 Å². The molecule has 2 aromatic rings. The lowest BCUT2D eigenvalue weighted by Gasteiger charge is -2.29. The smallest absolute Gasteiger partial charge is 0.146 e. The van der Waals surface area contributed by atoms with Gasteiger partial charge in [0.25, 0.3) is 0 Å². The van der Waals surface area contributed by atoms with Gasteiger partial charge in [-0.15, -0.1) is 0 Å². The lowest BCUT2D eigenvalue weighted by atomic mass is 9.77. The Kier molecular flexibility index (Phi) is 6.12. The second-order valence-electron chi connectivity index (χ2n) is 7.57. The number of nitrogens with two attached hydrogens (primary N) is 1. The number of unbranched alkanes of at least 4 members (excludes halogenated alkanes) is 2. The fourth-order valence-corrected chi connectivity index (χ4v) is 4.12. The second-order valence-corrected chi connectivity index (χ2v) is 7.57. The largest absolute Gasteiger partial charge is 0.396 e. The third-order valence-corrected chi connectivity index (χ3v) is 5.78. The molecule has 2 N–H and O–H groups in total. The van der Waals surface area contributed by atoms with Crippen molar-refractivity contribution in [3.8, 4) is 11.1 Å². The first-order chi connectivity index (χ1) is 12.2. The first-order valence-corrected chi connectivity index (χ1v) is 9.82. The van der Waals surface area contributed by atoms with Gasteiger partial charge in [0.15, 0.2) is 0 Å². The molecule has 1 aliphatic carbocycles. The van der Waals surface area contributed by atoms with Gasteiger partial charge in [-0.1, -0.05) is 62.9 Å². The molecule has 25 heavy (non-hydrogen) atoms. The molecule has 0 bridgehead atoms. The highest BCUT2D eigenvalue weighted by molar-refractivity contribution is 5.66. The zero-order chi connectivity index (χ0) is 17.6. The lowest BCUT2D eigenvalue weighted by Crippen LogP contribution is -2.13. The fourth-order valence-electron chi connectivity index (χ4n) is 4.12. The molecule has 2 heteroatoms. The minimum absolute atomic E-state index is 0.205. The van der Waals surface area contributed by atoms with Crippen molar-refractivity contribution >= 4 is 5.69 Å². The Morgan fingerprint density at radius 3 is 2.24 bits per heavy atom. The Hall–Kier alpha value is -1.83. The van der Waals surface area contributed by atoms with Crippen LogP contribution in [0, 0.1) is 11.7 Å². The van der Waals surface area contributed by atoms with E-state index in [2.05, 4.69) is 31.2 Å². The molecule has 1 aliphatic rings. The average Bonchev–Trinajstić information content (AvgIpc) is 2.65. The van der Waals surface area contributed by atoms with Gasteiger partial charge in [-0.25, -0.2) is 4.39 Å². The van der Waals surface area contributed by atoms with Crippen molar-refractivity contribution in [1.82, 2.24) is 0 Å². The maximum absolute atomic E-state index is 13.7. The SMILES string of the molecule is CCCCCC1CCC(c2ccc(-c3ccc(N)c(F)c3)cc2)CC1. The van der Waals surface area contributed by atoms with Crippen LogP contribution in [0.4, 0.5) is 10.1 Å². The van der Waals surface area contributed by atoms with Crippen molar-refractivity contribution in [1.29, 1.82) is 0 Å². The Bertz CT molecular complexity index is 669.